The highest BCUT2D eigenvalue weighted by Crippen LogP contribution is 2.26. The topological polar surface area (TPSA) is 83.1 Å². The second kappa shape index (κ2) is 10.5. The van der Waals surface area contributed by atoms with E-state index < -0.39 is 5.67 Å². The normalized spacial score (nSPS) is 19.5. The highest BCUT2D eigenvalue weighted by Gasteiger charge is 2.30. The van der Waals surface area contributed by atoms with Crippen molar-refractivity contribution in [3.63, 3.8) is 0 Å². The summed E-state index contributed by atoms with van der Waals surface area (Å²) in [5.41, 5.74) is 1.08. The molecule has 2 amide bonds. The molecule has 0 bridgehead atoms. The van der Waals surface area contributed by atoms with Crippen molar-refractivity contribution in [1.29, 1.82) is 0 Å². The van der Waals surface area contributed by atoms with Gasteiger partial charge in [-0.25, -0.2) is 9.37 Å². The van der Waals surface area contributed by atoms with Gasteiger partial charge in [0.1, 0.15) is 11.4 Å². The molecular formula is C24H31FN4O2. The van der Waals surface area contributed by atoms with Gasteiger partial charge in [0.2, 0.25) is 0 Å². The van der Waals surface area contributed by atoms with Gasteiger partial charge in [-0.1, -0.05) is 37.3 Å². The third-order valence-electron chi connectivity index (χ3n) is 5.82. The van der Waals surface area contributed by atoms with Gasteiger partial charge >= 0.3 is 0 Å². The van der Waals surface area contributed by atoms with Gasteiger partial charge in [-0.3, -0.25) is 9.59 Å². The van der Waals surface area contributed by atoms with Crippen LogP contribution in [0.15, 0.2) is 42.5 Å². The number of alkyl halides is 1. The molecule has 1 aliphatic heterocycles. The maximum absolute atomic E-state index is 14.7. The highest BCUT2D eigenvalue weighted by molar-refractivity contribution is 5.98. The smallest absolute Gasteiger partial charge is 0.269 e. The van der Waals surface area contributed by atoms with E-state index in [1.165, 1.54) is 13.1 Å². The molecule has 1 aromatic heterocycles. The van der Waals surface area contributed by atoms with Crippen LogP contribution < -0.4 is 16.0 Å². The minimum absolute atomic E-state index is 0.0810. The second-order valence-corrected chi connectivity index (χ2v) is 8.17. The molecule has 1 saturated heterocycles. The van der Waals surface area contributed by atoms with Crippen molar-refractivity contribution in [2.45, 2.75) is 44.2 Å². The van der Waals surface area contributed by atoms with Crippen LogP contribution in [-0.2, 0) is 0 Å². The van der Waals surface area contributed by atoms with E-state index in [1.807, 2.05) is 37.3 Å². The maximum Gasteiger partial charge on any atom is 0.269 e. The van der Waals surface area contributed by atoms with Crippen molar-refractivity contribution >= 4 is 11.8 Å². The van der Waals surface area contributed by atoms with Crippen molar-refractivity contribution in [3.8, 4) is 0 Å². The molecule has 0 saturated carbocycles. The van der Waals surface area contributed by atoms with Gasteiger partial charge in [0, 0.05) is 37.3 Å². The number of aromatic nitrogens is 1. The summed E-state index contributed by atoms with van der Waals surface area (Å²) in [6, 6.07) is 13.0. The van der Waals surface area contributed by atoms with E-state index >= 15 is 0 Å². The first-order valence-corrected chi connectivity index (χ1v) is 10.9. The summed E-state index contributed by atoms with van der Waals surface area (Å²) in [5, 5.41) is 8.52. The fourth-order valence-electron chi connectivity index (χ4n) is 3.92. The van der Waals surface area contributed by atoms with Crippen molar-refractivity contribution in [1.82, 2.24) is 20.9 Å². The lowest BCUT2D eigenvalue weighted by Gasteiger charge is -2.30. The zero-order chi connectivity index (χ0) is 22.3. The summed E-state index contributed by atoms with van der Waals surface area (Å²) < 4.78 is 14.7. The molecule has 7 heteroatoms. The first-order chi connectivity index (χ1) is 14.9. The monoisotopic (exact) mass is 426 g/mol. The first kappa shape index (κ1) is 22.9. The van der Waals surface area contributed by atoms with Crippen molar-refractivity contribution in [2.24, 2.45) is 0 Å². The Hall–Kier alpha value is -2.80. The highest BCUT2D eigenvalue weighted by atomic mass is 19.1. The van der Waals surface area contributed by atoms with Crippen molar-refractivity contribution < 1.29 is 14.0 Å². The predicted molar refractivity (Wildman–Crippen MR) is 119 cm³/mol. The van der Waals surface area contributed by atoms with Crippen LogP contribution in [0.3, 0.4) is 0 Å². The number of halogens is 1. The first-order valence-electron chi connectivity index (χ1n) is 10.9. The number of rotatable bonds is 8. The molecule has 2 atom stereocenters. The molecule has 0 radical (unpaired) electrons. The van der Waals surface area contributed by atoms with Crippen LogP contribution in [0.25, 0.3) is 0 Å². The average Bonchev–Trinajstić information content (AvgIpc) is 2.81. The molecule has 3 N–H and O–H groups in total. The minimum Gasteiger partial charge on any atom is -0.354 e. The fourth-order valence-corrected chi connectivity index (χ4v) is 3.92. The zero-order valence-corrected chi connectivity index (χ0v) is 18.2. The number of nitrogens with one attached hydrogen (secondary N) is 3. The van der Waals surface area contributed by atoms with Gasteiger partial charge in [0.25, 0.3) is 11.8 Å². The molecule has 2 unspecified atom stereocenters. The quantitative estimate of drug-likeness (QED) is 0.566. The van der Waals surface area contributed by atoms with Gasteiger partial charge in [-0.2, -0.15) is 0 Å². The fraction of sp³-hybridized carbons (Fsp3) is 0.458. The lowest BCUT2D eigenvalue weighted by molar-refractivity contribution is 0.0929. The van der Waals surface area contributed by atoms with Crippen LogP contribution in [0.2, 0.25) is 0 Å². The summed E-state index contributed by atoms with van der Waals surface area (Å²) in [6.45, 7) is 3.61. The lowest BCUT2D eigenvalue weighted by Crippen LogP contribution is -2.42. The standard InChI is InChI=1S/C24H31FN4O2/c1-17(18-8-4-3-5-9-18)20-14-19(15-21(29-20)23(31)26-2)22(30)28-13-7-11-24(25)10-6-12-27-16-24/h3-5,8-9,14-15,17,27H,6-7,10-13,16H2,1-2H3,(H,26,31)(H,28,30). The number of hydrogen-bond acceptors (Lipinski definition) is 4. The van der Waals surface area contributed by atoms with Crippen LogP contribution in [0.1, 0.15) is 70.6 Å². The second-order valence-electron chi connectivity index (χ2n) is 8.17. The van der Waals surface area contributed by atoms with Gasteiger partial charge < -0.3 is 16.0 Å². The number of benzene rings is 1. The molecule has 31 heavy (non-hydrogen) atoms. The molecular weight excluding hydrogens is 395 g/mol. The summed E-state index contributed by atoms with van der Waals surface area (Å²) in [5.74, 6) is -0.716. The van der Waals surface area contributed by atoms with Crippen molar-refractivity contribution in [2.75, 3.05) is 26.7 Å². The average molecular weight is 427 g/mol. The molecule has 6 nitrogen and oxygen atoms in total. The van der Waals surface area contributed by atoms with Crippen LogP contribution in [0, 0.1) is 0 Å². The number of pyridine rings is 1. The number of piperidine rings is 1. The predicted octanol–water partition coefficient (Wildman–Crippen LogP) is 3.19. The maximum atomic E-state index is 14.7. The van der Waals surface area contributed by atoms with Crippen LogP contribution in [-0.4, -0.2) is 49.1 Å². The summed E-state index contributed by atoms with van der Waals surface area (Å²) in [7, 11) is 1.53. The molecule has 0 aliphatic carbocycles. The summed E-state index contributed by atoms with van der Waals surface area (Å²) >= 11 is 0. The number of hydrogen-bond donors (Lipinski definition) is 3. The molecule has 1 aliphatic rings. The molecule has 0 spiro atoms. The summed E-state index contributed by atoms with van der Waals surface area (Å²) in [4.78, 5) is 29.5. The third kappa shape index (κ3) is 6.10. The molecule has 3 rings (SSSR count). The van der Waals surface area contributed by atoms with E-state index in [0.29, 0.717) is 43.6 Å². The van der Waals surface area contributed by atoms with E-state index in [2.05, 4.69) is 20.9 Å². The van der Waals surface area contributed by atoms with E-state index in [9.17, 15) is 14.0 Å². The van der Waals surface area contributed by atoms with Crippen molar-refractivity contribution in [3.05, 3.63) is 65.0 Å². The van der Waals surface area contributed by atoms with Crippen LogP contribution in [0.4, 0.5) is 4.39 Å². The van der Waals surface area contributed by atoms with Gasteiger partial charge in [0.15, 0.2) is 0 Å². The molecule has 2 aromatic rings. The number of carbonyl (C=O) groups is 2. The summed E-state index contributed by atoms with van der Waals surface area (Å²) in [6.07, 6.45) is 2.38. The molecule has 166 valence electrons. The van der Waals surface area contributed by atoms with E-state index in [1.54, 1.807) is 6.07 Å². The SMILES string of the molecule is CNC(=O)c1cc(C(=O)NCCCC2(F)CCCNC2)cc(C(C)c2ccccc2)n1. The Morgan fingerprint density at radius 2 is 2.00 bits per heavy atom. The molecule has 2 heterocycles. The molecule has 1 fully saturated rings. The van der Waals surface area contributed by atoms with Gasteiger partial charge in [-0.05, 0) is 49.9 Å². The van der Waals surface area contributed by atoms with E-state index in [-0.39, 0.29) is 23.4 Å². The largest absolute Gasteiger partial charge is 0.354 e. The van der Waals surface area contributed by atoms with Gasteiger partial charge in [-0.15, -0.1) is 0 Å². The van der Waals surface area contributed by atoms with E-state index in [0.717, 1.165) is 18.5 Å². The number of amides is 2. The molecule has 1 aromatic carbocycles. The number of nitrogens with zero attached hydrogens (tertiary/aromatic N) is 1. The number of carbonyl (C=O) groups excluding carboxylic acids is 2. The van der Waals surface area contributed by atoms with Crippen LogP contribution in [0.5, 0.6) is 0 Å². The lowest BCUT2D eigenvalue weighted by atomic mass is 9.91. The zero-order valence-electron chi connectivity index (χ0n) is 18.2. The Kier molecular flexibility index (Phi) is 7.74. The van der Waals surface area contributed by atoms with Crippen LogP contribution >= 0.6 is 0 Å². The Morgan fingerprint density at radius 1 is 1.23 bits per heavy atom. The Bertz CT molecular complexity index is 898. The Morgan fingerprint density at radius 3 is 2.68 bits per heavy atom. The minimum atomic E-state index is -1.19. The Balaban J connectivity index is 1.70. The van der Waals surface area contributed by atoms with Gasteiger partial charge in [0.05, 0.1) is 0 Å². The third-order valence-corrected chi connectivity index (χ3v) is 5.82. The Labute approximate surface area is 183 Å². The van der Waals surface area contributed by atoms with E-state index in [4.69, 9.17) is 0 Å².